The summed E-state index contributed by atoms with van der Waals surface area (Å²) in [5, 5.41) is 9.37. The van der Waals surface area contributed by atoms with Crippen LogP contribution in [0.25, 0.3) is 0 Å². The Labute approximate surface area is 165 Å². The van der Waals surface area contributed by atoms with Crippen molar-refractivity contribution in [3.05, 3.63) is 28.4 Å². The molecule has 1 N–H and O–H groups in total. The van der Waals surface area contributed by atoms with Crippen molar-refractivity contribution < 1.29 is 14.6 Å². The Bertz CT molecular complexity index is 563. The van der Waals surface area contributed by atoms with Crippen LogP contribution in [0.15, 0.2) is 12.1 Å². The van der Waals surface area contributed by atoms with Gasteiger partial charge >= 0.3 is 0 Å². The van der Waals surface area contributed by atoms with Gasteiger partial charge in [-0.15, -0.1) is 0 Å². The van der Waals surface area contributed by atoms with E-state index < -0.39 is 5.60 Å². The number of hydrogen-bond donors (Lipinski definition) is 1. The standard InChI is InChI=1S/C14H16I3NO3/c1-14(2)7-18(5-9(6-19)21-14)13(20)10-3-8(15)4-11(16)12(10)17/h3-4,9,19H,5-7H2,1-2H3. The molecule has 1 fully saturated rings. The fourth-order valence-electron chi connectivity index (χ4n) is 2.43. The molecule has 0 bridgehead atoms. The second-order valence-electron chi connectivity index (χ2n) is 5.62. The number of amides is 1. The van der Waals surface area contributed by atoms with Crippen molar-refractivity contribution in [3.8, 4) is 0 Å². The van der Waals surface area contributed by atoms with Crippen molar-refractivity contribution in [2.45, 2.75) is 25.6 Å². The lowest BCUT2D eigenvalue weighted by Crippen LogP contribution is -2.55. The molecule has 1 amide bonds. The van der Waals surface area contributed by atoms with E-state index in [9.17, 15) is 9.90 Å². The molecule has 1 heterocycles. The largest absolute Gasteiger partial charge is 0.394 e. The first kappa shape index (κ1) is 18.1. The predicted molar refractivity (Wildman–Crippen MR) is 107 cm³/mol. The molecule has 1 aliphatic heterocycles. The van der Waals surface area contributed by atoms with E-state index in [1.807, 2.05) is 19.9 Å². The predicted octanol–water partition coefficient (Wildman–Crippen LogP) is 3.11. The highest BCUT2D eigenvalue weighted by Gasteiger charge is 2.36. The first-order valence-electron chi connectivity index (χ1n) is 6.46. The topological polar surface area (TPSA) is 49.8 Å². The summed E-state index contributed by atoms with van der Waals surface area (Å²) in [7, 11) is 0. The van der Waals surface area contributed by atoms with Gasteiger partial charge in [-0.1, -0.05) is 0 Å². The molecule has 0 spiro atoms. The van der Waals surface area contributed by atoms with E-state index >= 15 is 0 Å². The molecule has 0 aliphatic carbocycles. The minimum atomic E-state index is -0.443. The number of halogens is 3. The van der Waals surface area contributed by atoms with Crippen LogP contribution in [0, 0.1) is 10.7 Å². The number of carbonyl (C=O) groups excluding carboxylic acids is 1. The quantitative estimate of drug-likeness (QED) is 0.406. The van der Waals surface area contributed by atoms with Gasteiger partial charge in [0.25, 0.3) is 5.91 Å². The number of carbonyl (C=O) groups is 1. The summed E-state index contributed by atoms with van der Waals surface area (Å²) < 4.78 is 8.87. The summed E-state index contributed by atoms with van der Waals surface area (Å²) in [5.74, 6) is 0.00524. The average molecular weight is 627 g/mol. The first-order chi connectivity index (χ1) is 9.73. The van der Waals surface area contributed by atoms with Crippen LogP contribution in [0.3, 0.4) is 0 Å². The van der Waals surface area contributed by atoms with Crippen LogP contribution in [-0.2, 0) is 4.74 Å². The van der Waals surface area contributed by atoms with Crippen LogP contribution in [-0.4, -0.2) is 47.3 Å². The highest BCUT2D eigenvalue weighted by Crippen LogP contribution is 2.27. The zero-order valence-electron chi connectivity index (χ0n) is 11.7. The highest BCUT2D eigenvalue weighted by molar-refractivity contribution is 14.1. The molecule has 0 radical (unpaired) electrons. The molecular weight excluding hydrogens is 611 g/mol. The molecule has 7 heteroatoms. The van der Waals surface area contributed by atoms with Gasteiger partial charge in [-0.3, -0.25) is 4.79 Å². The zero-order valence-corrected chi connectivity index (χ0v) is 18.2. The van der Waals surface area contributed by atoms with Crippen molar-refractivity contribution in [2.24, 2.45) is 0 Å². The van der Waals surface area contributed by atoms with Crippen molar-refractivity contribution in [1.29, 1.82) is 0 Å². The smallest absolute Gasteiger partial charge is 0.255 e. The molecule has 4 nitrogen and oxygen atoms in total. The number of nitrogens with zero attached hydrogens (tertiary/aromatic N) is 1. The van der Waals surface area contributed by atoms with Crippen LogP contribution in [0.1, 0.15) is 24.2 Å². The molecule has 1 saturated heterocycles. The van der Waals surface area contributed by atoms with Crippen molar-refractivity contribution in [3.63, 3.8) is 0 Å². The minimum absolute atomic E-state index is 0.00524. The average Bonchev–Trinajstić information content (AvgIpc) is 2.40. The molecular formula is C14H16I3NO3. The van der Waals surface area contributed by atoms with Crippen LogP contribution < -0.4 is 0 Å². The molecule has 1 aliphatic rings. The molecule has 1 aromatic rings. The number of aliphatic hydroxyl groups excluding tert-OH is 1. The minimum Gasteiger partial charge on any atom is -0.394 e. The van der Waals surface area contributed by atoms with Crippen molar-refractivity contribution in [1.82, 2.24) is 4.90 Å². The Morgan fingerprint density at radius 1 is 1.43 bits per heavy atom. The lowest BCUT2D eigenvalue weighted by atomic mass is 10.0. The van der Waals surface area contributed by atoms with Gasteiger partial charge in [0.2, 0.25) is 0 Å². The second kappa shape index (κ2) is 7.14. The van der Waals surface area contributed by atoms with E-state index in [1.165, 1.54) is 0 Å². The van der Waals surface area contributed by atoms with Crippen molar-refractivity contribution in [2.75, 3.05) is 19.7 Å². The van der Waals surface area contributed by atoms with Crippen LogP contribution in [0.4, 0.5) is 0 Å². The van der Waals surface area contributed by atoms with E-state index in [4.69, 9.17) is 4.74 Å². The number of rotatable bonds is 2. The van der Waals surface area contributed by atoms with Gasteiger partial charge in [0, 0.05) is 23.8 Å². The Morgan fingerprint density at radius 3 is 2.71 bits per heavy atom. The van der Waals surface area contributed by atoms with Gasteiger partial charge in [-0.25, -0.2) is 0 Å². The Morgan fingerprint density at radius 2 is 2.10 bits per heavy atom. The molecule has 1 unspecified atom stereocenters. The first-order valence-corrected chi connectivity index (χ1v) is 9.69. The van der Waals surface area contributed by atoms with Gasteiger partial charge in [0.15, 0.2) is 0 Å². The van der Waals surface area contributed by atoms with E-state index in [1.54, 1.807) is 4.90 Å². The zero-order chi connectivity index (χ0) is 15.8. The molecule has 1 atom stereocenters. The Kier molecular flexibility index (Phi) is 6.17. The third-order valence-corrected chi connectivity index (χ3v) is 6.86. The normalized spacial score (nSPS) is 21.4. The summed E-state index contributed by atoms with van der Waals surface area (Å²) in [4.78, 5) is 14.6. The van der Waals surface area contributed by atoms with Crippen molar-refractivity contribution >= 4 is 73.7 Å². The summed E-state index contributed by atoms with van der Waals surface area (Å²) >= 11 is 6.69. The van der Waals surface area contributed by atoms with Gasteiger partial charge < -0.3 is 14.7 Å². The maximum atomic E-state index is 12.9. The van der Waals surface area contributed by atoms with Crippen LogP contribution in [0.2, 0.25) is 0 Å². The van der Waals surface area contributed by atoms with E-state index in [0.29, 0.717) is 13.1 Å². The fourth-order valence-corrected chi connectivity index (χ4v) is 4.81. The van der Waals surface area contributed by atoms with E-state index in [-0.39, 0.29) is 18.6 Å². The fraction of sp³-hybridized carbons (Fsp3) is 0.500. The van der Waals surface area contributed by atoms with Crippen LogP contribution >= 0.6 is 67.8 Å². The third-order valence-electron chi connectivity index (χ3n) is 3.20. The summed E-state index contributed by atoms with van der Waals surface area (Å²) in [5.41, 5.74) is 0.281. The summed E-state index contributed by atoms with van der Waals surface area (Å²) in [6.45, 7) is 4.77. The van der Waals surface area contributed by atoms with Gasteiger partial charge in [0.05, 0.1) is 23.9 Å². The molecule has 0 aromatic heterocycles. The SMILES string of the molecule is CC1(C)CN(C(=O)c2cc(I)cc(I)c2I)CC(CO)O1. The maximum Gasteiger partial charge on any atom is 0.255 e. The summed E-state index contributed by atoms with van der Waals surface area (Å²) in [6, 6.07) is 3.97. The second-order valence-corrected chi connectivity index (χ2v) is 9.10. The lowest BCUT2D eigenvalue weighted by Gasteiger charge is -2.42. The molecule has 2 rings (SSSR count). The number of hydrogen-bond acceptors (Lipinski definition) is 3. The van der Waals surface area contributed by atoms with E-state index in [2.05, 4.69) is 73.8 Å². The number of aliphatic hydroxyl groups is 1. The van der Waals surface area contributed by atoms with Gasteiger partial charge in [-0.05, 0) is 93.8 Å². The van der Waals surface area contributed by atoms with E-state index in [0.717, 1.165) is 16.3 Å². The number of ether oxygens (including phenoxy) is 1. The summed E-state index contributed by atoms with van der Waals surface area (Å²) in [6.07, 6.45) is -0.322. The Hall–Kier alpha value is 0.800. The van der Waals surface area contributed by atoms with Gasteiger partial charge in [-0.2, -0.15) is 0 Å². The monoisotopic (exact) mass is 627 g/mol. The maximum absolute atomic E-state index is 12.9. The number of morpholine rings is 1. The molecule has 1 aromatic carbocycles. The van der Waals surface area contributed by atoms with Crippen LogP contribution in [0.5, 0.6) is 0 Å². The van der Waals surface area contributed by atoms with Gasteiger partial charge in [0.1, 0.15) is 0 Å². The molecule has 116 valence electrons. The number of benzene rings is 1. The Balaban J connectivity index is 2.31. The third kappa shape index (κ3) is 4.42. The molecule has 0 saturated carbocycles. The highest BCUT2D eigenvalue weighted by atomic mass is 127. The molecule has 21 heavy (non-hydrogen) atoms. The lowest BCUT2D eigenvalue weighted by molar-refractivity contribution is -0.139.